The van der Waals surface area contributed by atoms with Crippen molar-refractivity contribution in [3.63, 3.8) is 0 Å². The number of aryl methyl sites for hydroxylation is 1. The van der Waals surface area contributed by atoms with Crippen molar-refractivity contribution in [3.05, 3.63) is 40.8 Å². The van der Waals surface area contributed by atoms with E-state index in [1.165, 1.54) is 0 Å². The highest BCUT2D eigenvalue weighted by atomic mass is 35.5. The molecule has 0 aromatic carbocycles. The van der Waals surface area contributed by atoms with Gasteiger partial charge in [0.1, 0.15) is 6.10 Å². The number of nitrogens with zero attached hydrogens (tertiary/aromatic N) is 3. The zero-order valence-corrected chi connectivity index (χ0v) is 12.3. The first-order chi connectivity index (χ1) is 9.65. The molecule has 2 aromatic rings. The Morgan fingerprint density at radius 1 is 1.40 bits per heavy atom. The second-order valence-electron chi connectivity index (χ2n) is 4.53. The van der Waals surface area contributed by atoms with E-state index in [0.29, 0.717) is 23.0 Å². The Kier molecular flexibility index (Phi) is 4.98. The molecule has 1 N–H and O–H groups in total. The van der Waals surface area contributed by atoms with Crippen LogP contribution in [0.1, 0.15) is 30.7 Å². The molecule has 0 aliphatic rings. The van der Waals surface area contributed by atoms with Gasteiger partial charge in [-0.15, -0.1) is 0 Å². The molecule has 0 aliphatic carbocycles. The van der Waals surface area contributed by atoms with Crippen LogP contribution in [0.3, 0.4) is 0 Å². The lowest BCUT2D eigenvalue weighted by molar-refractivity contribution is 0.166. The van der Waals surface area contributed by atoms with E-state index in [1.54, 1.807) is 30.3 Å². The Hall–Kier alpha value is -1.59. The van der Waals surface area contributed by atoms with Gasteiger partial charge in [0.2, 0.25) is 5.88 Å². The summed E-state index contributed by atoms with van der Waals surface area (Å²) in [4.78, 5) is 4.12. The highest BCUT2D eigenvalue weighted by Crippen LogP contribution is 2.26. The number of rotatable bonds is 6. The molecule has 0 fully saturated rings. The fourth-order valence-electron chi connectivity index (χ4n) is 2.07. The number of aromatic nitrogens is 3. The van der Waals surface area contributed by atoms with Gasteiger partial charge in [-0.2, -0.15) is 5.10 Å². The maximum Gasteiger partial charge on any atom is 0.212 e. The third-order valence-corrected chi connectivity index (χ3v) is 3.31. The molecular formula is C14H18ClN3O2. The summed E-state index contributed by atoms with van der Waals surface area (Å²) in [6, 6.07) is 3.65. The highest BCUT2D eigenvalue weighted by Gasteiger charge is 2.18. The molecule has 2 rings (SSSR count). The van der Waals surface area contributed by atoms with E-state index < -0.39 is 6.10 Å². The monoisotopic (exact) mass is 295 g/mol. The van der Waals surface area contributed by atoms with Crippen LogP contribution < -0.4 is 4.74 Å². The molecule has 0 amide bonds. The average molecular weight is 296 g/mol. The maximum atomic E-state index is 10.4. The van der Waals surface area contributed by atoms with Crippen LogP contribution in [-0.2, 0) is 13.0 Å². The molecule has 1 unspecified atom stereocenters. The molecule has 5 nitrogen and oxygen atoms in total. The van der Waals surface area contributed by atoms with Gasteiger partial charge in [-0.25, -0.2) is 4.98 Å². The fraction of sp³-hybridized carbons (Fsp3) is 0.429. The van der Waals surface area contributed by atoms with Crippen molar-refractivity contribution in [2.75, 3.05) is 7.11 Å². The number of hydrogen-bond donors (Lipinski definition) is 1. The Morgan fingerprint density at radius 2 is 2.20 bits per heavy atom. The molecule has 1 atom stereocenters. The van der Waals surface area contributed by atoms with E-state index in [9.17, 15) is 5.11 Å². The van der Waals surface area contributed by atoms with E-state index >= 15 is 0 Å². The van der Waals surface area contributed by atoms with Crippen molar-refractivity contribution >= 4 is 11.6 Å². The van der Waals surface area contributed by atoms with Crippen molar-refractivity contribution in [2.45, 2.75) is 32.4 Å². The number of ether oxygens (including phenoxy) is 1. The summed E-state index contributed by atoms with van der Waals surface area (Å²) in [5, 5.41) is 15.1. The Morgan fingerprint density at radius 3 is 2.80 bits per heavy atom. The van der Waals surface area contributed by atoms with Crippen molar-refractivity contribution in [1.29, 1.82) is 0 Å². The SMILES string of the molecule is CCCn1ncc(Cl)c1C(O)Cc1ccc(OC)nc1. The maximum absolute atomic E-state index is 10.4. The highest BCUT2D eigenvalue weighted by molar-refractivity contribution is 6.31. The normalized spacial score (nSPS) is 12.4. The van der Waals surface area contributed by atoms with Gasteiger partial charge in [0, 0.05) is 25.2 Å². The predicted octanol–water partition coefficient (Wildman–Crippen LogP) is 2.63. The lowest BCUT2D eigenvalue weighted by Gasteiger charge is -2.14. The number of methoxy groups -OCH3 is 1. The standard InChI is InChI=1S/C14H18ClN3O2/c1-3-6-18-14(11(15)9-17-18)12(19)7-10-4-5-13(20-2)16-8-10/h4-5,8-9,12,19H,3,6-7H2,1-2H3. The fourth-order valence-corrected chi connectivity index (χ4v) is 2.33. The molecule has 0 saturated heterocycles. The minimum absolute atomic E-state index is 0.437. The van der Waals surface area contributed by atoms with Crippen molar-refractivity contribution in [1.82, 2.24) is 14.8 Å². The third-order valence-electron chi connectivity index (χ3n) is 3.02. The van der Waals surface area contributed by atoms with Gasteiger partial charge in [-0.05, 0) is 12.0 Å². The number of halogens is 1. The molecule has 0 aliphatic heterocycles. The van der Waals surface area contributed by atoms with Gasteiger partial charge >= 0.3 is 0 Å². The van der Waals surface area contributed by atoms with Crippen molar-refractivity contribution in [2.24, 2.45) is 0 Å². The van der Waals surface area contributed by atoms with Gasteiger partial charge < -0.3 is 9.84 Å². The van der Waals surface area contributed by atoms with Gasteiger partial charge in [0.15, 0.2) is 0 Å². The summed E-state index contributed by atoms with van der Waals surface area (Å²) < 4.78 is 6.76. The number of hydrogen-bond acceptors (Lipinski definition) is 4. The molecular weight excluding hydrogens is 278 g/mol. The van der Waals surface area contributed by atoms with E-state index in [2.05, 4.69) is 17.0 Å². The molecule has 0 spiro atoms. The smallest absolute Gasteiger partial charge is 0.212 e. The summed E-state index contributed by atoms with van der Waals surface area (Å²) in [6.45, 7) is 2.79. The van der Waals surface area contributed by atoms with Crippen LogP contribution in [0.5, 0.6) is 5.88 Å². The molecule has 2 aromatic heterocycles. The topological polar surface area (TPSA) is 60.2 Å². The van der Waals surface area contributed by atoms with Crippen LogP contribution in [0.15, 0.2) is 24.5 Å². The van der Waals surface area contributed by atoms with Crippen molar-refractivity contribution in [3.8, 4) is 5.88 Å². The number of aliphatic hydroxyl groups is 1. The van der Waals surface area contributed by atoms with E-state index in [-0.39, 0.29) is 0 Å². The summed E-state index contributed by atoms with van der Waals surface area (Å²) in [6.07, 6.45) is 3.93. The minimum Gasteiger partial charge on any atom is -0.481 e. The molecule has 2 heterocycles. The van der Waals surface area contributed by atoms with Crippen LogP contribution in [0.2, 0.25) is 5.02 Å². The molecule has 0 saturated carbocycles. The molecule has 6 heteroatoms. The number of aliphatic hydroxyl groups excluding tert-OH is 1. The summed E-state index contributed by atoms with van der Waals surface area (Å²) in [5.74, 6) is 0.553. The quantitative estimate of drug-likeness (QED) is 0.890. The van der Waals surface area contributed by atoms with Crippen LogP contribution in [0.25, 0.3) is 0 Å². The average Bonchev–Trinajstić information content (AvgIpc) is 2.81. The predicted molar refractivity (Wildman–Crippen MR) is 77.0 cm³/mol. The van der Waals surface area contributed by atoms with Crippen LogP contribution >= 0.6 is 11.6 Å². The first-order valence-electron chi connectivity index (χ1n) is 6.54. The van der Waals surface area contributed by atoms with Gasteiger partial charge in [0.05, 0.1) is 24.0 Å². The van der Waals surface area contributed by atoms with E-state index in [4.69, 9.17) is 16.3 Å². The number of pyridine rings is 1. The minimum atomic E-state index is -0.702. The summed E-state index contributed by atoms with van der Waals surface area (Å²) >= 11 is 6.11. The zero-order chi connectivity index (χ0) is 14.5. The van der Waals surface area contributed by atoms with Gasteiger partial charge in [0.25, 0.3) is 0 Å². The van der Waals surface area contributed by atoms with E-state index in [1.807, 2.05) is 6.07 Å². The zero-order valence-electron chi connectivity index (χ0n) is 11.6. The molecule has 20 heavy (non-hydrogen) atoms. The van der Waals surface area contributed by atoms with Gasteiger partial charge in [-0.1, -0.05) is 24.6 Å². The third kappa shape index (κ3) is 3.29. The molecule has 0 radical (unpaired) electrons. The molecule has 108 valence electrons. The first kappa shape index (κ1) is 14.8. The van der Waals surface area contributed by atoms with Crippen LogP contribution in [0, 0.1) is 0 Å². The van der Waals surface area contributed by atoms with Crippen LogP contribution in [0.4, 0.5) is 0 Å². The lowest BCUT2D eigenvalue weighted by atomic mass is 10.1. The lowest BCUT2D eigenvalue weighted by Crippen LogP contribution is -2.11. The second kappa shape index (κ2) is 6.72. The Balaban J connectivity index is 2.14. The van der Waals surface area contributed by atoms with Crippen molar-refractivity contribution < 1.29 is 9.84 Å². The molecule has 0 bridgehead atoms. The summed E-state index contributed by atoms with van der Waals surface area (Å²) in [7, 11) is 1.57. The van der Waals surface area contributed by atoms with Crippen LogP contribution in [-0.4, -0.2) is 27.0 Å². The first-order valence-corrected chi connectivity index (χ1v) is 6.91. The Labute approximate surface area is 123 Å². The Bertz CT molecular complexity index is 554. The van der Waals surface area contributed by atoms with E-state index in [0.717, 1.165) is 18.5 Å². The second-order valence-corrected chi connectivity index (χ2v) is 4.94. The largest absolute Gasteiger partial charge is 0.481 e. The summed E-state index contributed by atoms with van der Waals surface area (Å²) in [5.41, 5.74) is 1.57. The van der Waals surface area contributed by atoms with Gasteiger partial charge in [-0.3, -0.25) is 4.68 Å².